The van der Waals surface area contributed by atoms with Gasteiger partial charge in [-0.05, 0) is 48.5 Å². The minimum atomic E-state index is -3.55. The first-order valence-corrected chi connectivity index (χ1v) is 11.4. The van der Waals surface area contributed by atoms with Gasteiger partial charge in [-0.2, -0.15) is 0 Å². The SMILES string of the molecule is O=C(CCS(=O)(=O)c1ccc(Cl)cc1)Nc1ccccc1Sc1ccccc1. The molecule has 0 saturated heterocycles. The van der Waals surface area contributed by atoms with Crippen molar-refractivity contribution in [2.45, 2.75) is 21.1 Å². The Balaban J connectivity index is 1.64. The van der Waals surface area contributed by atoms with Gasteiger partial charge in [-0.1, -0.05) is 53.7 Å². The molecule has 0 aliphatic heterocycles. The minimum Gasteiger partial charge on any atom is -0.325 e. The molecule has 0 radical (unpaired) electrons. The normalized spacial score (nSPS) is 11.2. The molecule has 3 aromatic rings. The highest BCUT2D eigenvalue weighted by atomic mass is 35.5. The van der Waals surface area contributed by atoms with Crippen LogP contribution in [0.1, 0.15) is 6.42 Å². The topological polar surface area (TPSA) is 63.2 Å². The molecular formula is C21H18ClNO3S2. The van der Waals surface area contributed by atoms with Crippen molar-refractivity contribution >= 4 is 44.8 Å². The van der Waals surface area contributed by atoms with E-state index >= 15 is 0 Å². The van der Waals surface area contributed by atoms with Gasteiger partial charge in [-0.15, -0.1) is 0 Å². The fraction of sp³-hybridized carbons (Fsp3) is 0.0952. The van der Waals surface area contributed by atoms with Gasteiger partial charge < -0.3 is 5.32 Å². The van der Waals surface area contributed by atoms with Crippen LogP contribution in [0.4, 0.5) is 5.69 Å². The largest absolute Gasteiger partial charge is 0.325 e. The molecule has 1 amide bonds. The summed E-state index contributed by atoms with van der Waals surface area (Å²) < 4.78 is 24.8. The molecule has 4 nitrogen and oxygen atoms in total. The molecule has 0 heterocycles. The van der Waals surface area contributed by atoms with E-state index < -0.39 is 9.84 Å². The van der Waals surface area contributed by atoms with Crippen molar-refractivity contribution in [3.63, 3.8) is 0 Å². The summed E-state index contributed by atoms with van der Waals surface area (Å²) in [5.74, 6) is -0.618. The smallest absolute Gasteiger partial charge is 0.225 e. The third-order valence-corrected chi connectivity index (χ3v) is 6.97. The molecule has 0 bridgehead atoms. The van der Waals surface area contributed by atoms with Crippen LogP contribution in [-0.2, 0) is 14.6 Å². The quantitative estimate of drug-likeness (QED) is 0.551. The monoisotopic (exact) mass is 431 g/mol. The number of carbonyl (C=O) groups excluding carboxylic acids is 1. The zero-order chi connectivity index (χ0) is 20.0. The van der Waals surface area contributed by atoms with Gasteiger partial charge in [0.25, 0.3) is 0 Å². The molecule has 0 unspecified atom stereocenters. The number of carbonyl (C=O) groups is 1. The lowest BCUT2D eigenvalue weighted by Gasteiger charge is -2.11. The first-order valence-electron chi connectivity index (χ1n) is 8.54. The first kappa shape index (κ1) is 20.5. The molecule has 0 aromatic heterocycles. The second-order valence-corrected chi connectivity index (χ2v) is 9.64. The molecular weight excluding hydrogens is 414 g/mol. The maximum absolute atomic E-state index is 12.4. The molecule has 0 saturated carbocycles. The van der Waals surface area contributed by atoms with Crippen LogP contribution in [0.3, 0.4) is 0 Å². The Hall–Kier alpha value is -2.28. The van der Waals surface area contributed by atoms with Gasteiger partial charge in [0.15, 0.2) is 9.84 Å². The van der Waals surface area contributed by atoms with Crippen molar-refractivity contribution in [3.8, 4) is 0 Å². The third kappa shape index (κ3) is 5.61. The standard InChI is InChI=1S/C21H18ClNO3S2/c22-16-10-12-18(13-11-16)28(25,26)15-14-21(24)23-19-8-4-5-9-20(19)27-17-6-2-1-3-7-17/h1-13H,14-15H2,(H,23,24). The summed E-state index contributed by atoms with van der Waals surface area (Å²) >= 11 is 7.32. The predicted octanol–water partition coefficient (Wildman–Crippen LogP) is 5.29. The number of nitrogens with one attached hydrogen (secondary N) is 1. The molecule has 144 valence electrons. The van der Waals surface area contributed by atoms with Crippen molar-refractivity contribution in [3.05, 3.63) is 83.9 Å². The lowest BCUT2D eigenvalue weighted by Crippen LogP contribution is -2.17. The van der Waals surface area contributed by atoms with E-state index in [0.717, 1.165) is 9.79 Å². The summed E-state index contributed by atoms with van der Waals surface area (Å²) in [6, 6.07) is 23.2. The van der Waals surface area contributed by atoms with Crippen LogP contribution in [-0.4, -0.2) is 20.1 Å². The van der Waals surface area contributed by atoms with Crippen LogP contribution in [0.2, 0.25) is 5.02 Å². The number of benzene rings is 3. The summed E-state index contributed by atoms with van der Waals surface area (Å²) in [7, 11) is -3.55. The number of anilines is 1. The van der Waals surface area contributed by atoms with Crippen LogP contribution in [0.25, 0.3) is 0 Å². The van der Waals surface area contributed by atoms with E-state index in [2.05, 4.69) is 5.32 Å². The molecule has 28 heavy (non-hydrogen) atoms. The molecule has 7 heteroatoms. The fourth-order valence-electron chi connectivity index (χ4n) is 2.47. The Kier molecular flexibility index (Phi) is 6.78. The Morgan fingerprint density at radius 3 is 2.25 bits per heavy atom. The molecule has 0 atom stereocenters. The van der Waals surface area contributed by atoms with Gasteiger partial charge in [0.05, 0.1) is 16.3 Å². The lowest BCUT2D eigenvalue weighted by atomic mass is 10.3. The molecule has 0 aliphatic rings. The maximum atomic E-state index is 12.4. The van der Waals surface area contributed by atoms with Crippen molar-refractivity contribution in [2.75, 3.05) is 11.1 Å². The average molecular weight is 432 g/mol. The van der Waals surface area contributed by atoms with Crippen LogP contribution in [0, 0.1) is 0 Å². The Bertz CT molecular complexity index is 1050. The second-order valence-electron chi connectivity index (χ2n) is 5.98. The highest BCUT2D eigenvalue weighted by Gasteiger charge is 2.17. The zero-order valence-corrected chi connectivity index (χ0v) is 17.2. The highest BCUT2D eigenvalue weighted by Crippen LogP contribution is 2.33. The van der Waals surface area contributed by atoms with E-state index in [4.69, 9.17) is 11.6 Å². The van der Waals surface area contributed by atoms with E-state index in [9.17, 15) is 13.2 Å². The van der Waals surface area contributed by atoms with Crippen LogP contribution >= 0.6 is 23.4 Å². The Morgan fingerprint density at radius 1 is 0.893 bits per heavy atom. The maximum Gasteiger partial charge on any atom is 0.225 e. The number of sulfone groups is 1. The van der Waals surface area contributed by atoms with Gasteiger partial charge >= 0.3 is 0 Å². The Labute approximate surface area is 173 Å². The Morgan fingerprint density at radius 2 is 1.54 bits per heavy atom. The molecule has 1 N–H and O–H groups in total. The zero-order valence-electron chi connectivity index (χ0n) is 14.8. The van der Waals surface area contributed by atoms with E-state index in [1.165, 1.54) is 36.0 Å². The summed E-state index contributed by atoms with van der Waals surface area (Å²) in [5, 5.41) is 3.28. The second kappa shape index (κ2) is 9.28. The van der Waals surface area contributed by atoms with E-state index in [1.54, 1.807) is 6.07 Å². The first-order chi connectivity index (χ1) is 13.4. The van der Waals surface area contributed by atoms with Crippen molar-refractivity contribution < 1.29 is 13.2 Å². The van der Waals surface area contributed by atoms with Crippen molar-refractivity contribution in [1.29, 1.82) is 0 Å². The lowest BCUT2D eigenvalue weighted by molar-refractivity contribution is -0.115. The molecule has 3 aromatic carbocycles. The minimum absolute atomic E-state index is 0.130. The fourth-order valence-corrected chi connectivity index (χ4v) is 4.76. The number of para-hydroxylation sites is 1. The summed E-state index contributed by atoms with van der Waals surface area (Å²) in [5.41, 5.74) is 0.658. The number of hydrogen-bond donors (Lipinski definition) is 1. The highest BCUT2D eigenvalue weighted by molar-refractivity contribution is 7.99. The number of rotatable bonds is 7. The van der Waals surface area contributed by atoms with Gasteiger partial charge in [0, 0.05) is 21.2 Å². The summed E-state index contributed by atoms with van der Waals surface area (Å²) in [4.78, 5) is 14.4. The number of hydrogen-bond acceptors (Lipinski definition) is 4. The molecule has 0 fully saturated rings. The number of amides is 1. The van der Waals surface area contributed by atoms with E-state index in [0.29, 0.717) is 10.7 Å². The molecule has 0 spiro atoms. The van der Waals surface area contributed by atoms with Crippen molar-refractivity contribution in [2.24, 2.45) is 0 Å². The van der Waals surface area contributed by atoms with Crippen LogP contribution < -0.4 is 5.32 Å². The van der Waals surface area contributed by atoms with Gasteiger partial charge in [-0.25, -0.2) is 8.42 Å². The third-order valence-electron chi connectivity index (χ3n) is 3.90. The average Bonchev–Trinajstić information content (AvgIpc) is 2.69. The van der Waals surface area contributed by atoms with Gasteiger partial charge in [0.2, 0.25) is 5.91 Å². The van der Waals surface area contributed by atoms with Crippen LogP contribution in [0.5, 0.6) is 0 Å². The number of halogens is 1. The summed E-state index contributed by atoms with van der Waals surface area (Å²) in [6.07, 6.45) is -0.130. The van der Waals surface area contributed by atoms with Gasteiger partial charge in [-0.3, -0.25) is 4.79 Å². The van der Waals surface area contributed by atoms with E-state index in [1.807, 2.05) is 48.5 Å². The van der Waals surface area contributed by atoms with Crippen molar-refractivity contribution in [1.82, 2.24) is 0 Å². The predicted molar refractivity (Wildman–Crippen MR) is 114 cm³/mol. The van der Waals surface area contributed by atoms with Crippen LogP contribution in [0.15, 0.2) is 93.5 Å². The van der Waals surface area contributed by atoms with E-state index in [-0.39, 0.29) is 23.0 Å². The molecule has 0 aliphatic carbocycles. The summed E-state index contributed by atoms with van der Waals surface area (Å²) in [6.45, 7) is 0. The molecule has 3 rings (SSSR count). The van der Waals surface area contributed by atoms with Gasteiger partial charge in [0.1, 0.15) is 0 Å².